The van der Waals surface area contributed by atoms with Crippen LogP contribution in [-0.2, 0) is 16.3 Å². The largest absolute Gasteiger partial charge is 0.497 e. The van der Waals surface area contributed by atoms with E-state index in [1.807, 2.05) is 53.1 Å². The molecule has 0 bridgehead atoms. The third-order valence-corrected chi connectivity index (χ3v) is 6.07. The third-order valence-electron chi connectivity index (χ3n) is 6.07. The molecule has 9 heteroatoms. The Bertz CT molecular complexity index is 1210. The number of hydrogen-bond donors (Lipinski definition) is 1. The van der Waals surface area contributed by atoms with Crippen LogP contribution in [0.3, 0.4) is 0 Å². The molecule has 0 aliphatic heterocycles. The van der Waals surface area contributed by atoms with E-state index in [1.54, 1.807) is 14.0 Å². The van der Waals surface area contributed by atoms with E-state index in [0.29, 0.717) is 12.4 Å². The minimum Gasteiger partial charge on any atom is -0.497 e. The van der Waals surface area contributed by atoms with Crippen LogP contribution in [0.5, 0.6) is 11.6 Å². The van der Waals surface area contributed by atoms with Crippen molar-refractivity contribution >= 4 is 28.2 Å². The molecule has 2 aromatic carbocycles. The highest BCUT2D eigenvalue weighted by molar-refractivity contribution is 5.98. The Morgan fingerprint density at radius 1 is 1.03 bits per heavy atom. The number of fused-ring (bicyclic) bond motifs is 1. The monoisotopic (exact) mass is 507 g/mol. The highest BCUT2D eigenvalue weighted by Gasteiger charge is 2.18. The van der Waals surface area contributed by atoms with Gasteiger partial charge in [0.25, 0.3) is 0 Å². The second-order valence-corrected chi connectivity index (χ2v) is 8.86. The Labute approximate surface area is 218 Å². The minimum absolute atomic E-state index is 0.00923. The first kappa shape index (κ1) is 27.9. The summed E-state index contributed by atoms with van der Waals surface area (Å²) < 4.78 is 6.98. The number of nitrogens with zero attached hydrogens (tertiary/aromatic N) is 5. The van der Waals surface area contributed by atoms with Gasteiger partial charge in [0.05, 0.1) is 25.0 Å². The van der Waals surface area contributed by atoms with Gasteiger partial charge >= 0.3 is 5.91 Å². The molecule has 0 saturated heterocycles. The molecule has 0 fully saturated rings. The van der Waals surface area contributed by atoms with Crippen LogP contribution < -0.4 is 4.74 Å². The summed E-state index contributed by atoms with van der Waals surface area (Å²) >= 11 is 0. The van der Waals surface area contributed by atoms with E-state index < -0.39 is 5.91 Å². The Morgan fingerprint density at radius 3 is 2.35 bits per heavy atom. The number of methoxy groups -OCH3 is 1. The molecule has 37 heavy (non-hydrogen) atoms. The summed E-state index contributed by atoms with van der Waals surface area (Å²) in [6.45, 7) is 8.20. The van der Waals surface area contributed by atoms with E-state index in [2.05, 4.69) is 34.1 Å². The zero-order valence-electron chi connectivity index (χ0n) is 22.2. The molecule has 3 aromatic rings. The smallest absolute Gasteiger partial charge is 0.304 e. The van der Waals surface area contributed by atoms with Gasteiger partial charge in [-0.05, 0) is 68.8 Å². The summed E-state index contributed by atoms with van der Waals surface area (Å²) in [5.41, 5.74) is 2.58. The second-order valence-electron chi connectivity index (χ2n) is 8.86. The number of amides is 1. The van der Waals surface area contributed by atoms with Gasteiger partial charge < -0.3 is 14.7 Å². The first-order chi connectivity index (χ1) is 18.0. The van der Waals surface area contributed by atoms with Crippen molar-refractivity contribution in [3.63, 3.8) is 0 Å². The lowest BCUT2D eigenvalue weighted by Gasteiger charge is -2.23. The maximum Gasteiger partial charge on any atom is 0.304 e. The Kier molecular flexibility index (Phi) is 10.6. The summed E-state index contributed by atoms with van der Waals surface area (Å²) in [4.78, 5) is 19.8. The fraction of sp³-hybridized carbons (Fsp3) is 0.429. The number of azo groups is 1. The average Bonchev–Trinajstić information content (AvgIpc) is 3.19. The van der Waals surface area contributed by atoms with Crippen molar-refractivity contribution in [1.29, 1.82) is 0 Å². The lowest BCUT2D eigenvalue weighted by Crippen LogP contribution is -2.28. The van der Waals surface area contributed by atoms with Gasteiger partial charge in [-0.2, -0.15) is 0 Å². The maximum atomic E-state index is 12.3. The number of benzene rings is 2. The van der Waals surface area contributed by atoms with Crippen molar-refractivity contribution in [2.45, 2.75) is 53.1 Å². The molecule has 0 atom stereocenters. The second kappa shape index (κ2) is 14.1. The summed E-state index contributed by atoms with van der Waals surface area (Å²) in [5.74, 6) is 0.132. The van der Waals surface area contributed by atoms with Gasteiger partial charge in [-0.1, -0.05) is 50.0 Å². The van der Waals surface area contributed by atoms with Crippen LogP contribution in [0.4, 0.5) is 5.69 Å². The molecular weight excluding hydrogens is 470 g/mol. The molecule has 0 aliphatic rings. The fourth-order valence-corrected chi connectivity index (χ4v) is 3.93. The minimum atomic E-state index is -0.602. The molecule has 0 radical (unpaired) electrons. The zero-order chi connectivity index (χ0) is 26.6. The quantitative estimate of drug-likeness (QED) is 0.157. The molecule has 0 aliphatic carbocycles. The molecule has 1 N–H and O–H groups in total. The van der Waals surface area contributed by atoms with Gasteiger partial charge in [-0.25, -0.2) is 0 Å². The number of aromatic hydroxyl groups is 1. The van der Waals surface area contributed by atoms with Crippen LogP contribution in [0.2, 0.25) is 0 Å². The maximum absolute atomic E-state index is 12.3. The number of oxime groups is 1. The summed E-state index contributed by atoms with van der Waals surface area (Å²) in [6.07, 6.45) is 4.39. The molecule has 9 nitrogen and oxygen atoms in total. The van der Waals surface area contributed by atoms with E-state index in [0.717, 1.165) is 61.0 Å². The van der Waals surface area contributed by atoms with Crippen molar-refractivity contribution in [3.05, 3.63) is 54.1 Å². The normalized spacial score (nSPS) is 12.1. The first-order valence-electron chi connectivity index (χ1n) is 12.8. The van der Waals surface area contributed by atoms with Crippen molar-refractivity contribution < 1.29 is 19.5 Å². The highest BCUT2D eigenvalue weighted by Crippen LogP contribution is 2.39. The van der Waals surface area contributed by atoms with Crippen LogP contribution in [0.25, 0.3) is 10.9 Å². The number of carbonyl (C=O) groups excluding carboxylic acids is 1. The zero-order valence-corrected chi connectivity index (χ0v) is 22.2. The lowest BCUT2D eigenvalue weighted by atomic mass is 10.1. The fourth-order valence-electron chi connectivity index (χ4n) is 3.93. The lowest BCUT2D eigenvalue weighted by molar-refractivity contribution is -0.122. The predicted molar refractivity (Wildman–Crippen MR) is 146 cm³/mol. The van der Waals surface area contributed by atoms with Crippen molar-refractivity contribution in [2.24, 2.45) is 15.4 Å². The van der Waals surface area contributed by atoms with E-state index >= 15 is 0 Å². The third kappa shape index (κ3) is 7.63. The van der Waals surface area contributed by atoms with Crippen LogP contribution in [0.15, 0.2) is 63.9 Å². The van der Waals surface area contributed by atoms with E-state index in [-0.39, 0.29) is 18.2 Å². The van der Waals surface area contributed by atoms with Crippen LogP contribution in [0, 0.1) is 0 Å². The van der Waals surface area contributed by atoms with Gasteiger partial charge in [-0.3, -0.25) is 14.3 Å². The van der Waals surface area contributed by atoms with Gasteiger partial charge in [0.2, 0.25) is 5.88 Å². The average molecular weight is 508 g/mol. The van der Waals surface area contributed by atoms with Gasteiger partial charge in [-0.15, -0.1) is 10.2 Å². The van der Waals surface area contributed by atoms with Crippen molar-refractivity contribution in [1.82, 2.24) is 9.47 Å². The Morgan fingerprint density at radius 2 is 1.70 bits per heavy atom. The standard InChI is InChI=1S/C28H37N5O4/c1-5-7-17-32(18-8-6-2)20-33-25-12-10-9-11-24(25)27(28(33)35)30-29-26(34)19-37-31-21(3)22-13-15-23(36-4)16-14-22/h9-16,35H,5-8,17-20H2,1-4H3/b30-29?,31-21-. The molecule has 0 saturated carbocycles. The number of aromatic nitrogens is 1. The SMILES string of the molecule is CCCCN(CCCC)Cn1c(O)c(N=NC(=O)CO/N=C(/C)c2ccc(OC)cc2)c2ccccc21. The van der Waals surface area contributed by atoms with Crippen LogP contribution in [0.1, 0.15) is 52.0 Å². The molecule has 0 unspecified atom stereocenters. The Balaban J connectivity index is 1.71. The van der Waals surface area contributed by atoms with E-state index in [1.165, 1.54) is 0 Å². The Hall–Kier alpha value is -3.72. The van der Waals surface area contributed by atoms with E-state index in [4.69, 9.17) is 9.57 Å². The molecule has 1 amide bonds. The molecule has 0 spiro atoms. The molecule has 1 heterocycles. The number of carbonyl (C=O) groups is 1. The van der Waals surface area contributed by atoms with Crippen LogP contribution in [-0.4, -0.2) is 53.0 Å². The molecular formula is C28H37N5O4. The van der Waals surface area contributed by atoms with Crippen molar-refractivity contribution in [3.8, 4) is 11.6 Å². The molecule has 1 aromatic heterocycles. The van der Waals surface area contributed by atoms with Gasteiger partial charge in [0.15, 0.2) is 12.3 Å². The van der Waals surface area contributed by atoms with Crippen LogP contribution >= 0.6 is 0 Å². The summed E-state index contributed by atoms with van der Waals surface area (Å²) in [7, 11) is 1.60. The molecule has 3 rings (SSSR count). The van der Waals surface area contributed by atoms with Gasteiger partial charge in [0, 0.05) is 5.39 Å². The number of hydrogen-bond acceptors (Lipinski definition) is 7. The van der Waals surface area contributed by atoms with E-state index in [9.17, 15) is 9.90 Å². The number of para-hydroxylation sites is 1. The number of rotatable bonds is 14. The topological polar surface area (TPSA) is 101 Å². The summed E-state index contributed by atoms with van der Waals surface area (Å²) in [5, 5.41) is 23.7. The van der Waals surface area contributed by atoms with Gasteiger partial charge in [0.1, 0.15) is 5.75 Å². The first-order valence-corrected chi connectivity index (χ1v) is 12.8. The van der Waals surface area contributed by atoms with Crippen molar-refractivity contribution in [2.75, 3.05) is 26.8 Å². The highest BCUT2D eigenvalue weighted by atomic mass is 16.6. The number of ether oxygens (including phenoxy) is 1. The predicted octanol–water partition coefficient (Wildman–Crippen LogP) is 6.27. The number of unbranched alkanes of at least 4 members (excludes halogenated alkanes) is 2. The molecule has 198 valence electrons. The summed E-state index contributed by atoms with van der Waals surface area (Å²) in [6, 6.07) is 15.0.